The van der Waals surface area contributed by atoms with E-state index in [0.29, 0.717) is 5.92 Å². The summed E-state index contributed by atoms with van der Waals surface area (Å²) in [5, 5.41) is 12.3. The summed E-state index contributed by atoms with van der Waals surface area (Å²) in [6.45, 7) is 13.8. The van der Waals surface area contributed by atoms with Gasteiger partial charge in [0.1, 0.15) is 11.4 Å². The molecule has 2 aliphatic rings. The molecule has 1 aromatic carbocycles. The zero-order valence-electron chi connectivity index (χ0n) is 18.6. The molecule has 2 aliphatic carbocycles. The minimum atomic E-state index is -0.843. The third-order valence-corrected chi connectivity index (χ3v) is 8.34. The van der Waals surface area contributed by atoms with Gasteiger partial charge in [0.2, 0.25) is 0 Å². The van der Waals surface area contributed by atoms with E-state index in [1.165, 1.54) is 37.7 Å². The average molecular weight is 373 g/mol. The van der Waals surface area contributed by atoms with Crippen molar-refractivity contribution in [1.82, 2.24) is 0 Å². The highest BCUT2D eigenvalue weighted by Gasteiger charge is 2.69. The maximum Gasteiger partial charge on any atom is 0.125 e. The lowest BCUT2D eigenvalue weighted by atomic mass is 9.57. The van der Waals surface area contributed by atoms with Gasteiger partial charge in [0, 0.05) is 16.4 Å². The smallest absolute Gasteiger partial charge is 0.125 e. The van der Waals surface area contributed by atoms with Crippen molar-refractivity contribution in [2.75, 3.05) is 7.11 Å². The molecule has 1 N–H and O–H groups in total. The minimum Gasteiger partial charge on any atom is -0.496 e. The summed E-state index contributed by atoms with van der Waals surface area (Å²) in [5.41, 5.74) is 1.39. The Hall–Kier alpha value is -1.02. The number of methoxy groups -OCH3 is 1. The first-order chi connectivity index (χ1) is 12.5. The summed E-state index contributed by atoms with van der Waals surface area (Å²) in [6.07, 6.45) is 8.40. The Morgan fingerprint density at radius 3 is 2.44 bits per heavy atom. The Kier molecular flexibility index (Phi) is 5.21. The van der Waals surface area contributed by atoms with Crippen molar-refractivity contribution >= 4 is 0 Å². The SMILES string of the molecule is CCCCCC(C)(C)c1ccc(OC)c(C2(O)C3(C)CCC(C3)C2(C)C)c1. The van der Waals surface area contributed by atoms with Crippen LogP contribution in [0, 0.1) is 16.7 Å². The van der Waals surface area contributed by atoms with E-state index in [4.69, 9.17) is 4.74 Å². The van der Waals surface area contributed by atoms with Crippen LogP contribution in [0.5, 0.6) is 5.75 Å². The van der Waals surface area contributed by atoms with Gasteiger partial charge in [-0.2, -0.15) is 0 Å². The average Bonchev–Trinajstić information content (AvgIpc) is 3.09. The molecule has 0 heterocycles. The summed E-state index contributed by atoms with van der Waals surface area (Å²) < 4.78 is 5.78. The molecule has 152 valence electrons. The molecule has 2 bridgehead atoms. The Morgan fingerprint density at radius 2 is 1.89 bits per heavy atom. The minimum absolute atomic E-state index is 0.0700. The molecular formula is C25H40O2. The Labute approximate surface area is 166 Å². The van der Waals surface area contributed by atoms with Gasteiger partial charge in [-0.15, -0.1) is 0 Å². The second kappa shape index (κ2) is 6.79. The van der Waals surface area contributed by atoms with Crippen LogP contribution in [0.15, 0.2) is 18.2 Å². The van der Waals surface area contributed by atoms with Crippen LogP contribution in [0.3, 0.4) is 0 Å². The number of ether oxygens (including phenoxy) is 1. The molecule has 27 heavy (non-hydrogen) atoms. The van der Waals surface area contributed by atoms with Crippen molar-refractivity contribution in [2.45, 2.75) is 97.5 Å². The van der Waals surface area contributed by atoms with E-state index in [0.717, 1.165) is 24.2 Å². The van der Waals surface area contributed by atoms with E-state index in [1.807, 2.05) is 0 Å². The van der Waals surface area contributed by atoms with Crippen molar-refractivity contribution in [1.29, 1.82) is 0 Å². The van der Waals surface area contributed by atoms with Crippen molar-refractivity contribution in [3.8, 4) is 5.75 Å². The van der Waals surface area contributed by atoms with E-state index in [1.54, 1.807) is 7.11 Å². The molecule has 0 aromatic heterocycles. The van der Waals surface area contributed by atoms with E-state index < -0.39 is 5.60 Å². The zero-order chi connectivity index (χ0) is 20.1. The molecule has 2 nitrogen and oxygen atoms in total. The standard InChI is InChI=1S/C25H40O2/c1-8-9-10-14-22(2,3)18-11-12-21(27-7)20(16-18)25(26)23(4,5)19-13-15-24(25,6)17-19/h11-12,16,19,26H,8-10,13-15,17H2,1-7H3. The summed E-state index contributed by atoms with van der Waals surface area (Å²) >= 11 is 0. The highest BCUT2D eigenvalue weighted by atomic mass is 16.5. The van der Waals surface area contributed by atoms with E-state index in [9.17, 15) is 5.11 Å². The van der Waals surface area contributed by atoms with E-state index in [2.05, 4.69) is 59.7 Å². The topological polar surface area (TPSA) is 29.5 Å². The highest BCUT2D eigenvalue weighted by Crippen LogP contribution is 2.72. The van der Waals surface area contributed by atoms with Gasteiger partial charge in [0.15, 0.2) is 0 Å². The molecule has 3 atom stereocenters. The van der Waals surface area contributed by atoms with E-state index >= 15 is 0 Å². The van der Waals surface area contributed by atoms with Gasteiger partial charge in [-0.05, 0) is 54.7 Å². The molecule has 0 amide bonds. The van der Waals surface area contributed by atoms with Gasteiger partial charge in [-0.1, -0.05) is 66.9 Å². The summed E-state index contributed by atoms with van der Waals surface area (Å²) in [7, 11) is 1.73. The molecule has 0 saturated heterocycles. The number of hydrogen-bond acceptors (Lipinski definition) is 2. The number of benzene rings is 1. The number of rotatable bonds is 7. The Bertz CT molecular complexity index is 683. The molecule has 0 aliphatic heterocycles. The lowest BCUT2D eigenvalue weighted by Crippen LogP contribution is -2.51. The first-order valence-electron chi connectivity index (χ1n) is 10.9. The number of hydrogen-bond donors (Lipinski definition) is 1. The van der Waals surface area contributed by atoms with Gasteiger partial charge < -0.3 is 9.84 Å². The van der Waals surface area contributed by atoms with Gasteiger partial charge in [-0.3, -0.25) is 0 Å². The van der Waals surface area contributed by atoms with Crippen molar-refractivity contribution < 1.29 is 9.84 Å². The first kappa shape index (κ1) is 20.7. The quantitative estimate of drug-likeness (QED) is 0.547. The van der Waals surface area contributed by atoms with Gasteiger partial charge in [0.05, 0.1) is 7.11 Å². The van der Waals surface area contributed by atoms with Crippen LogP contribution in [-0.2, 0) is 11.0 Å². The molecule has 2 heteroatoms. The fourth-order valence-corrected chi connectivity index (χ4v) is 6.30. The number of unbranched alkanes of at least 4 members (excludes halogenated alkanes) is 2. The predicted molar refractivity (Wildman–Crippen MR) is 113 cm³/mol. The van der Waals surface area contributed by atoms with Crippen molar-refractivity contribution in [3.05, 3.63) is 29.3 Å². The van der Waals surface area contributed by atoms with Crippen LogP contribution < -0.4 is 4.74 Å². The predicted octanol–water partition coefficient (Wildman–Crippen LogP) is 6.59. The monoisotopic (exact) mass is 372 g/mol. The maximum atomic E-state index is 12.3. The van der Waals surface area contributed by atoms with Crippen molar-refractivity contribution in [2.24, 2.45) is 16.7 Å². The van der Waals surface area contributed by atoms with Crippen LogP contribution in [0.1, 0.15) is 97.6 Å². The van der Waals surface area contributed by atoms with Crippen molar-refractivity contribution in [3.63, 3.8) is 0 Å². The normalized spacial score (nSPS) is 32.1. The largest absolute Gasteiger partial charge is 0.496 e. The fourth-order valence-electron chi connectivity index (χ4n) is 6.30. The second-order valence-electron chi connectivity index (χ2n) is 10.7. The Balaban J connectivity index is 2.07. The first-order valence-corrected chi connectivity index (χ1v) is 10.9. The fraction of sp³-hybridized carbons (Fsp3) is 0.760. The maximum absolute atomic E-state index is 12.3. The second-order valence-corrected chi connectivity index (χ2v) is 10.7. The molecule has 3 rings (SSSR count). The van der Waals surface area contributed by atoms with Gasteiger partial charge >= 0.3 is 0 Å². The van der Waals surface area contributed by atoms with Gasteiger partial charge in [-0.25, -0.2) is 0 Å². The molecule has 0 spiro atoms. The molecule has 2 saturated carbocycles. The lowest BCUT2D eigenvalue weighted by molar-refractivity contribution is -0.151. The third-order valence-electron chi connectivity index (χ3n) is 8.34. The summed E-state index contributed by atoms with van der Waals surface area (Å²) in [5.74, 6) is 1.42. The summed E-state index contributed by atoms with van der Waals surface area (Å²) in [4.78, 5) is 0. The van der Waals surface area contributed by atoms with Gasteiger partial charge in [0.25, 0.3) is 0 Å². The third kappa shape index (κ3) is 2.94. The van der Waals surface area contributed by atoms with Crippen LogP contribution in [0.25, 0.3) is 0 Å². The van der Waals surface area contributed by atoms with Crippen LogP contribution in [0.4, 0.5) is 0 Å². The Morgan fingerprint density at radius 1 is 1.19 bits per heavy atom. The van der Waals surface area contributed by atoms with Crippen LogP contribution in [0.2, 0.25) is 0 Å². The lowest BCUT2D eigenvalue weighted by Gasteiger charge is -2.51. The van der Waals surface area contributed by atoms with E-state index in [-0.39, 0.29) is 16.2 Å². The van der Waals surface area contributed by atoms with Crippen LogP contribution in [-0.4, -0.2) is 12.2 Å². The molecule has 0 radical (unpaired) electrons. The highest BCUT2D eigenvalue weighted by molar-refractivity contribution is 5.47. The molecule has 1 aromatic rings. The molecular weight excluding hydrogens is 332 g/mol. The summed E-state index contributed by atoms with van der Waals surface area (Å²) in [6, 6.07) is 6.58. The zero-order valence-corrected chi connectivity index (χ0v) is 18.6. The molecule has 2 fully saturated rings. The van der Waals surface area contributed by atoms with Crippen LogP contribution >= 0.6 is 0 Å². The molecule has 3 unspecified atom stereocenters. The number of aliphatic hydroxyl groups is 1. The number of fused-ring (bicyclic) bond motifs is 2.